The summed E-state index contributed by atoms with van der Waals surface area (Å²) >= 11 is 1.39. The molecule has 0 fully saturated rings. The molecule has 33 heavy (non-hydrogen) atoms. The van der Waals surface area contributed by atoms with Crippen LogP contribution < -0.4 is 10.1 Å². The lowest BCUT2D eigenvalue weighted by Crippen LogP contribution is -2.25. The van der Waals surface area contributed by atoms with Crippen LogP contribution in [0.1, 0.15) is 41.6 Å². The van der Waals surface area contributed by atoms with E-state index in [1.165, 1.54) is 17.4 Å². The van der Waals surface area contributed by atoms with Gasteiger partial charge in [0.15, 0.2) is 0 Å². The predicted octanol–water partition coefficient (Wildman–Crippen LogP) is 5.68. The summed E-state index contributed by atoms with van der Waals surface area (Å²) in [5, 5.41) is 7.99. The fourth-order valence-corrected chi connectivity index (χ4v) is 5.09. The Hall–Kier alpha value is -3.40. The molecule has 10 heteroatoms. The quantitative estimate of drug-likeness (QED) is 0.415. The van der Waals surface area contributed by atoms with Gasteiger partial charge >= 0.3 is 6.18 Å². The van der Waals surface area contributed by atoms with Gasteiger partial charge in [-0.05, 0) is 43.7 Å². The molecule has 1 amide bonds. The fourth-order valence-electron chi connectivity index (χ4n) is 4.14. The minimum atomic E-state index is -4.46. The molecule has 5 rings (SSSR count). The van der Waals surface area contributed by atoms with Gasteiger partial charge in [0.05, 0.1) is 28.1 Å². The molecule has 1 aliphatic heterocycles. The Kier molecular flexibility index (Phi) is 5.12. The molecule has 0 saturated heterocycles. The zero-order chi connectivity index (χ0) is 23.3. The van der Waals surface area contributed by atoms with Crippen LogP contribution in [0.25, 0.3) is 15.3 Å². The van der Waals surface area contributed by atoms with Gasteiger partial charge in [0.2, 0.25) is 11.0 Å². The van der Waals surface area contributed by atoms with Crippen LogP contribution in [0, 0.1) is 6.92 Å². The van der Waals surface area contributed by atoms with Crippen molar-refractivity contribution in [2.24, 2.45) is 0 Å². The van der Waals surface area contributed by atoms with Crippen molar-refractivity contribution < 1.29 is 22.7 Å². The van der Waals surface area contributed by atoms with Crippen molar-refractivity contribution in [2.75, 3.05) is 11.9 Å². The number of alkyl halides is 3. The van der Waals surface area contributed by atoms with Gasteiger partial charge in [-0.3, -0.25) is 4.79 Å². The number of amides is 1. The van der Waals surface area contributed by atoms with E-state index in [1.807, 2.05) is 25.1 Å². The molecular weight excluding hydrogens is 453 g/mol. The van der Waals surface area contributed by atoms with Crippen LogP contribution in [0.4, 0.5) is 19.0 Å². The van der Waals surface area contributed by atoms with Gasteiger partial charge in [0.1, 0.15) is 11.6 Å². The van der Waals surface area contributed by atoms with Crippen LogP contribution in [-0.2, 0) is 11.0 Å². The first-order chi connectivity index (χ1) is 15.7. The zero-order valence-corrected chi connectivity index (χ0v) is 18.5. The number of aromatic nitrogens is 3. The number of thiazole rings is 1. The van der Waals surface area contributed by atoms with Crippen molar-refractivity contribution >= 4 is 33.3 Å². The average molecular weight is 472 g/mol. The second-order valence-electron chi connectivity index (χ2n) is 7.75. The highest BCUT2D eigenvalue weighted by Crippen LogP contribution is 2.42. The van der Waals surface area contributed by atoms with Crippen LogP contribution in [0.5, 0.6) is 5.75 Å². The third-order valence-corrected chi connectivity index (χ3v) is 6.55. The van der Waals surface area contributed by atoms with E-state index in [0.717, 1.165) is 28.1 Å². The van der Waals surface area contributed by atoms with Gasteiger partial charge in [-0.1, -0.05) is 29.5 Å². The molecule has 3 heterocycles. The number of anilines is 1. The number of aryl methyl sites for hydroxylation is 1. The van der Waals surface area contributed by atoms with E-state index in [1.54, 1.807) is 17.7 Å². The number of halogens is 3. The molecule has 0 bridgehead atoms. The minimum Gasteiger partial charge on any atom is -0.494 e. The van der Waals surface area contributed by atoms with Gasteiger partial charge < -0.3 is 10.1 Å². The van der Waals surface area contributed by atoms with E-state index in [9.17, 15) is 18.0 Å². The van der Waals surface area contributed by atoms with E-state index < -0.39 is 17.7 Å². The van der Waals surface area contributed by atoms with Crippen LogP contribution in [0.15, 0.2) is 42.5 Å². The van der Waals surface area contributed by atoms with Crippen molar-refractivity contribution in [2.45, 2.75) is 32.4 Å². The topological polar surface area (TPSA) is 69.0 Å². The largest absolute Gasteiger partial charge is 0.494 e. The number of nitrogens with zero attached hydrogens (tertiary/aromatic N) is 3. The molecule has 0 saturated carbocycles. The summed E-state index contributed by atoms with van der Waals surface area (Å²) < 4.78 is 47.9. The molecule has 0 radical (unpaired) electrons. The summed E-state index contributed by atoms with van der Waals surface area (Å²) in [5.74, 6) is 0.349. The molecule has 2 aromatic heterocycles. The molecule has 0 aliphatic carbocycles. The molecule has 1 N–H and O–H groups in total. The van der Waals surface area contributed by atoms with Crippen molar-refractivity contribution in [3.05, 3.63) is 64.8 Å². The Bertz CT molecular complexity index is 1380. The highest BCUT2D eigenvalue weighted by Gasteiger charge is 2.35. The van der Waals surface area contributed by atoms with Crippen LogP contribution in [0.2, 0.25) is 0 Å². The zero-order valence-electron chi connectivity index (χ0n) is 17.7. The number of nitrogens with one attached hydrogen (secondary N) is 1. The number of benzene rings is 2. The number of hydrogen-bond acceptors (Lipinski definition) is 5. The van der Waals surface area contributed by atoms with E-state index >= 15 is 0 Å². The summed E-state index contributed by atoms with van der Waals surface area (Å²) in [6.07, 6.45) is -4.42. The molecule has 2 aromatic carbocycles. The van der Waals surface area contributed by atoms with Crippen molar-refractivity contribution in [1.82, 2.24) is 14.8 Å². The molecule has 1 atom stereocenters. The van der Waals surface area contributed by atoms with Crippen LogP contribution >= 0.6 is 11.3 Å². The Morgan fingerprint density at radius 1 is 1.24 bits per heavy atom. The van der Waals surface area contributed by atoms with Gasteiger partial charge in [0.25, 0.3) is 0 Å². The second kappa shape index (κ2) is 7.87. The number of ether oxygens (including phenoxy) is 1. The molecule has 6 nitrogen and oxygen atoms in total. The van der Waals surface area contributed by atoms with Crippen molar-refractivity contribution in [3.63, 3.8) is 0 Å². The third-order valence-electron chi connectivity index (χ3n) is 5.56. The number of hydrogen-bond donors (Lipinski definition) is 1. The van der Waals surface area contributed by atoms with Gasteiger partial charge in [-0.2, -0.15) is 23.0 Å². The monoisotopic (exact) mass is 472 g/mol. The second-order valence-corrected chi connectivity index (χ2v) is 8.76. The number of carbonyl (C=O) groups excluding carboxylic acids is 1. The van der Waals surface area contributed by atoms with Crippen LogP contribution in [-0.4, -0.2) is 27.3 Å². The summed E-state index contributed by atoms with van der Waals surface area (Å²) in [6.45, 7) is 4.24. The Morgan fingerprint density at radius 2 is 2.06 bits per heavy atom. The van der Waals surface area contributed by atoms with Crippen molar-refractivity contribution in [3.8, 4) is 10.9 Å². The average Bonchev–Trinajstić information content (AvgIpc) is 3.33. The predicted molar refractivity (Wildman–Crippen MR) is 119 cm³/mol. The van der Waals surface area contributed by atoms with Gasteiger partial charge in [-0.15, -0.1) is 0 Å². The van der Waals surface area contributed by atoms with Gasteiger partial charge in [0, 0.05) is 17.9 Å². The van der Waals surface area contributed by atoms with E-state index in [0.29, 0.717) is 34.4 Å². The summed E-state index contributed by atoms with van der Waals surface area (Å²) in [4.78, 5) is 17.2. The third kappa shape index (κ3) is 3.84. The lowest BCUT2D eigenvalue weighted by Gasteiger charge is -2.24. The first-order valence-corrected chi connectivity index (χ1v) is 11.2. The highest BCUT2D eigenvalue weighted by atomic mass is 32.1. The lowest BCUT2D eigenvalue weighted by atomic mass is 9.85. The summed E-state index contributed by atoms with van der Waals surface area (Å²) in [6, 6.07) is 10.7. The highest BCUT2D eigenvalue weighted by molar-refractivity contribution is 7.20. The van der Waals surface area contributed by atoms with Crippen molar-refractivity contribution in [1.29, 1.82) is 0 Å². The smallest absolute Gasteiger partial charge is 0.416 e. The maximum atomic E-state index is 13.3. The first-order valence-electron chi connectivity index (χ1n) is 10.3. The summed E-state index contributed by atoms with van der Waals surface area (Å²) in [7, 11) is 0. The standard InChI is InChI=1S/C23H19F3N4O2S/c1-3-32-15-7-8-17-18(10-15)33-22(27-17)30-21-20(12(2)29-30)16(11-19(31)28-21)13-5-4-6-14(9-13)23(24,25)26/h4-10,16H,3,11H2,1-2H3,(H,28,31). The molecule has 1 aliphatic rings. The molecular formula is C23H19F3N4O2S. The summed E-state index contributed by atoms with van der Waals surface area (Å²) in [5.41, 5.74) is 1.77. The maximum Gasteiger partial charge on any atom is 0.416 e. The Morgan fingerprint density at radius 3 is 2.82 bits per heavy atom. The normalized spacial score (nSPS) is 16.0. The number of rotatable bonds is 4. The molecule has 1 unspecified atom stereocenters. The van der Waals surface area contributed by atoms with E-state index in [4.69, 9.17) is 4.74 Å². The molecule has 170 valence electrons. The SMILES string of the molecule is CCOc1ccc2nc(-n3nc(C)c4c3NC(=O)CC4c3cccc(C(F)(F)F)c3)sc2c1. The lowest BCUT2D eigenvalue weighted by molar-refractivity contribution is -0.137. The fraction of sp³-hybridized carbons (Fsp3) is 0.261. The Labute approximate surface area is 191 Å². The number of carbonyl (C=O) groups is 1. The minimum absolute atomic E-state index is 0.0401. The van der Waals surface area contributed by atoms with E-state index in [2.05, 4.69) is 15.4 Å². The maximum absolute atomic E-state index is 13.3. The molecule has 0 spiro atoms. The van der Waals surface area contributed by atoms with Gasteiger partial charge in [-0.25, -0.2) is 4.98 Å². The molecule has 4 aromatic rings. The van der Waals surface area contributed by atoms with Crippen LogP contribution in [0.3, 0.4) is 0 Å². The number of fused-ring (bicyclic) bond motifs is 2. The van der Waals surface area contributed by atoms with E-state index in [-0.39, 0.29) is 12.3 Å². The Balaban J connectivity index is 1.61. The first kappa shape index (κ1) is 21.4.